The molecule has 1 heterocycles. The summed E-state index contributed by atoms with van der Waals surface area (Å²) in [6.07, 6.45) is 3.83. The highest BCUT2D eigenvalue weighted by Crippen LogP contribution is 2.22. The van der Waals surface area contributed by atoms with E-state index in [1.54, 1.807) is 37.3 Å². The number of hydrogen-bond donors (Lipinski definition) is 2. The van der Waals surface area contributed by atoms with Crippen molar-refractivity contribution in [2.75, 3.05) is 27.1 Å². The topological polar surface area (TPSA) is 138 Å². The van der Waals surface area contributed by atoms with E-state index in [9.17, 15) is 21.6 Å². The van der Waals surface area contributed by atoms with Gasteiger partial charge in [-0.25, -0.2) is 31.5 Å². The Balaban J connectivity index is 1.72. The number of para-hydroxylation sites is 1. The van der Waals surface area contributed by atoms with Gasteiger partial charge in [-0.3, -0.25) is 9.10 Å². The lowest BCUT2D eigenvalue weighted by atomic mass is 10.2. The molecule has 2 N–H and O–H groups in total. The van der Waals surface area contributed by atoms with Gasteiger partial charge in [0.25, 0.3) is 10.0 Å². The van der Waals surface area contributed by atoms with Crippen molar-refractivity contribution in [1.82, 2.24) is 9.97 Å². The van der Waals surface area contributed by atoms with Gasteiger partial charge in [-0.15, -0.1) is 0 Å². The zero-order valence-corrected chi connectivity index (χ0v) is 18.9. The molecule has 0 saturated carbocycles. The minimum Gasteiger partial charge on any atom is -0.325 e. The summed E-state index contributed by atoms with van der Waals surface area (Å²) < 4.78 is 52.6. The van der Waals surface area contributed by atoms with Gasteiger partial charge in [0.05, 0.1) is 16.8 Å². The van der Waals surface area contributed by atoms with Crippen LogP contribution in [0.15, 0.2) is 71.9 Å². The van der Waals surface area contributed by atoms with Gasteiger partial charge in [-0.05, 0) is 48.9 Å². The molecule has 1 aromatic heterocycles. The van der Waals surface area contributed by atoms with Gasteiger partial charge >= 0.3 is 0 Å². The molecule has 0 unspecified atom stereocenters. The van der Waals surface area contributed by atoms with Crippen molar-refractivity contribution in [1.29, 1.82) is 0 Å². The van der Waals surface area contributed by atoms with Crippen LogP contribution in [0.3, 0.4) is 0 Å². The molecule has 10 nitrogen and oxygen atoms in total. The molecule has 0 spiro atoms. The lowest BCUT2D eigenvalue weighted by Crippen LogP contribution is -2.37. The summed E-state index contributed by atoms with van der Waals surface area (Å²) in [5.41, 5.74) is 1.42. The van der Waals surface area contributed by atoms with Crippen molar-refractivity contribution in [2.45, 2.75) is 11.8 Å². The molecule has 1 amide bonds. The third kappa shape index (κ3) is 5.80. The van der Waals surface area contributed by atoms with E-state index in [4.69, 9.17) is 0 Å². The average molecular weight is 476 g/mol. The molecule has 0 atom stereocenters. The van der Waals surface area contributed by atoms with Crippen LogP contribution in [0.5, 0.6) is 0 Å². The summed E-state index contributed by atoms with van der Waals surface area (Å²) in [5, 5.41) is 2.58. The first-order chi connectivity index (χ1) is 15.1. The van der Waals surface area contributed by atoms with Crippen LogP contribution in [-0.2, 0) is 24.8 Å². The summed E-state index contributed by atoms with van der Waals surface area (Å²) >= 11 is 0. The minimum absolute atomic E-state index is 0.0550. The van der Waals surface area contributed by atoms with Gasteiger partial charge in [-0.2, -0.15) is 0 Å². The summed E-state index contributed by atoms with van der Waals surface area (Å²) in [6.45, 7) is 1.32. The third-order valence-corrected chi connectivity index (χ3v) is 6.78. The van der Waals surface area contributed by atoms with Crippen molar-refractivity contribution in [2.24, 2.45) is 0 Å². The fourth-order valence-corrected chi connectivity index (χ4v) is 4.68. The Hall–Kier alpha value is -3.51. The van der Waals surface area contributed by atoms with Gasteiger partial charge in [0.1, 0.15) is 6.54 Å². The zero-order chi connectivity index (χ0) is 23.4. The second kappa shape index (κ2) is 9.32. The Morgan fingerprint density at radius 3 is 2.16 bits per heavy atom. The highest BCUT2D eigenvalue weighted by atomic mass is 32.2. The summed E-state index contributed by atoms with van der Waals surface area (Å²) in [4.78, 5) is 20.1. The Morgan fingerprint density at radius 2 is 1.56 bits per heavy atom. The molecule has 168 valence electrons. The van der Waals surface area contributed by atoms with Crippen LogP contribution in [0.4, 0.5) is 17.3 Å². The van der Waals surface area contributed by atoms with Crippen molar-refractivity contribution in [3.05, 3.63) is 72.6 Å². The van der Waals surface area contributed by atoms with E-state index >= 15 is 0 Å². The third-order valence-electron chi connectivity index (χ3n) is 4.31. The van der Waals surface area contributed by atoms with Crippen LogP contribution >= 0.6 is 0 Å². The number of amides is 1. The molecule has 0 bridgehead atoms. The first kappa shape index (κ1) is 23.2. The first-order valence-corrected chi connectivity index (χ1v) is 12.6. The number of benzene rings is 2. The standard InChI is InChI=1S/C20H21N5O5S2/c1-15-6-3-4-7-18(15)25(31(2,27)28)14-19(26)23-16-8-10-17(11-9-16)32(29,30)24-20-21-12-5-13-22-20/h3-13H,14H2,1-2H3,(H,23,26)(H,21,22,24). The number of nitrogens with zero attached hydrogens (tertiary/aromatic N) is 3. The van der Waals surface area contributed by atoms with Crippen LogP contribution in [0.2, 0.25) is 0 Å². The van der Waals surface area contributed by atoms with Gasteiger partial charge in [0.2, 0.25) is 21.9 Å². The maximum Gasteiger partial charge on any atom is 0.264 e. The van der Waals surface area contributed by atoms with Gasteiger partial charge in [0, 0.05) is 18.1 Å². The number of nitrogens with one attached hydrogen (secondary N) is 2. The molecule has 0 aliphatic heterocycles. The summed E-state index contributed by atoms with van der Waals surface area (Å²) in [5.74, 6) is -0.646. The Morgan fingerprint density at radius 1 is 0.938 bits per heavy atom. The van der Waals surface area contributed by atoms with E-state index in [-0.39, 0.29) is 10.8 Å². The number of aromatic nitrogens is 2. The van der Waals surface area contributed by atoms with Crippen LogP contribution in [0.25, 0.3) is 0 Å². The Labute approximate surface area is 186 Å². The normalized spacial score (nSPS) is 11.6. The molecular formula is C20H21N5O5S2. The predicted molar refractivity (Wildman–Crippen MR) is 121 cm³/mol. The zero-order valence-electron chi connectivity index (χ0n) is 17.3. The van der Waals surface area contributed by atoms with Crippen molar-refractivity contribution in [3.63, 3.8) is 0 Å². The lowest BCUT2D eigenvalue weighted by Gasteiger charge is -2.23. The Kier molecular flexibility index (Phi) is 6.75. The molecule has 32 heavy (non-hydrogen) atoms. The van der Waals surface area contributed by atoms with Crippen LogP contribution in [-0.4, -0.2) is 45.5 Å². The molecule has 3 rings (SSSR count). The van der Waals surface area contributed by atoms with E-state index in [1.807, 2.05) is 0 Å². The highest BCUT2D eigenvalue weighted by Gasteiger charge is 2.22. The molecule has 0 aliphatic carbocycles. The molecule has 3 aromatic rings. The van der Waals surface area contributed by atoms with Gasteiger partial charge in [0.15, 0.2) is 0 Å². The molecule has 0 saturated heterocycles. The Bertz CT molecular complexity index is 1310. The number of hydrogen-bond acceptors (Lipinski definition) is 7. The molecule has 0 aliphatic rings. The van der Waals surface area contributed by atoms with Crippen molar-refractivity contribution >= 4 is 43.3 Å². The monoisotopic (exact) mass is 475 g/mol. The number of carbonyl (C=O) groups excluding carboxylic acids is 1. The fraction of sp³-hybridized carbons (Fsp3) is 0.150. The second-order valence-corrected chi connectivity index (χ2v) is 10.4. The summed E-state index contributed by atoms with van der Waals surface area (Å²) in [7, 11) is -7.62. The van der Waals surface area contributed by atoms with E-state index in [1.165, 1.54) is 36.7 Å². The second-order valence-electron chi connectivity index (χ2n) is 6.81. The molecule has 0 radical (unpaired) electrons. The molecule has 12 heteroatoms. The van der Waals surface area contributed by atoms with Crippen molar-refractivity contribution in [3.8, 4) is 0 Å². The number of rotatable bonds is 8. The van der Waals surface area contributed by atoms with E-state index < -0.39 is 32.5 Å². The average Bonchev–Trinajstić information content (AvgIpc) is 2.73. The minimum atomic E-state index is -3.91. The molecule has 2 aromatic carbocycles. The molecule has 0 fully saturated rings. The predicted octanol–water partition coefficient (Wildman–Crippen LogP) is 1.99. The van der Waals surface area contributed by atoms with E-state index in [0.29, 0.717) is 16.9 Å². The summed E-state index contributed by atoms with van der Waals surface area (Å²) in [6, 6.07) is 13.8. The van der Waals surface area contributed by atoms with E-state index in [2.05, 4.69) is 20.0 Å². The largest absolute Gasteiger partial charge is 0.325 e. The first-order valence-electron chi connectivity index (χ1n) is 9.29. The number of aryl methyl sites for hydroxylation is 1. The van der Waals surface area contributed by atoms with Crippen LogP contribution in [0, 0.1) is 6.92 Å². The lowest BCUT2D eigenvalue weighted by molar-refractivity contribution is -0.114. The van der Waals surface area contributed by atoms with Gasteiger partial charge in [-0.1, -0.05) is 18.2 Å². The number of sulfonamides is 2. The quantitative estimate of drug-likeness (QED) is 0.508. The smallest absolute Gasteiger partial charge is 0.264 e. The van der Waals surface area contributed by atoms with E-state index in [0.717, 1.165) is 10.6 Å². The number of anilines is 3. The van der Waals surface area contributed by atoms with Crippen LogP contribution in [0.1, 0.15) is 5.56 Å². The van der Waals surface area contributed by atoms with Crippen LogP contribution < -0.4 is 14.3 Å². The maximum absolute atomic E-state index is 12.5. The number of carbonyl (C=O) groups is 1. The van der Waals surface area contributed by atoms with Gasteiger partial charge < -0.3 is 5.32 Å². The maximum atomic E-state index is 12.5. The molecular weight excluding hydrogens is 454 g/mol. The SMILES string of the molecule is Cc1ccccc1N(CC(=O)Nc1ccc(S(=O)(=O)Nc2ncccn2)cc1)S(C)(=O)=O. The van der Waals surface area contributed by atoms with Crippen molar-refractivity contribution < 1.29 is 21.6 Å². The highest BCUT2D eigenvalue weighted by molar-refractivity contribution is 7.92. The fourth-order valence-electron chi connectivity index (χ4n) is 2.80.